The van der Waals surface area contributed by atoms with Crippen LogP contribution in [0.3, 0.4) is 0 Å². The van der Waals surface area contributed by atoms with E-state index in [-0.39, 0.29) is 17.9 Å². The summed E-state index contributed by atoms with van der Waals surface area (Å²) >= 11 is 0. The molecule has 2 saturated carbocycles. The van der Waals surface area contributed by atoms with Gasteiger partial charge in [-0.1, -0.05) is 26.2 Å². The molecule has 114 valence electrons. The Morgan fingerprint density at radius 3 is 2.35 bits per heavy atom. The predicted molar refractivity (Wildman–Crippen MR) is 80.4 cm³/mol. The third kappa shape index (κ3) is 4.60. The first-order chi connectivity index (χ1) is 9.69. The number of hydrogen-bond donors (Lipinski definition) is 1. The molecule has 2 aliphatic carbocycles. The van der Waals surface area contributed by atoms with Gasteiger partial charge in [-0.05, 0) is 44.4 Å². The van der Waals surface area contributed by atoms with Crippen LogP contribution in [0, 0.1) is 11.8 Å². The molecule has 3 heteroatoms. The van der Waals surface area contributed by atoms with Crippen LogP contribution in [0.15, 0.2) is 0 Å². The van der Waals surface area contributed by atoms with Crippen molar-refractivity contribution in [2.24, 2.45) is 11.8 Å². The highest BCUT2D eigenvalue weighted by Gasteiger charge is 2.28. The van der Waals surface area contributed by atoms with Gasteiger partial charge in [-0.3, -0.25) is 9.59 Å². The fourth-order valence-electron chi connectivity index (χ4n) is 3.61. The third-order valence-electron chi connectivity index (χ3n) is 5.07. The minimum absolute atomic E-state index is 0.227. The second-order valence-corrected chi connectivity index (χ2v) is 6.68. The van der Waals surface area contributed by atoms with Crippen molar-refractivity contribution in [1.29, 1.82) is 0 Å². The third-order valence-corrected chi connectivity index (χ3v) is 5.07. The molecular weight excluding hydrogens is 250 g/mol. The number of ketones is 1. The van der Waals surface area contributed by atoms with Gasteiger partial charge in [0.2, 0.25) is 5.91 Å². The van der Waals surface area contributed by atoms with Crippen LogP contribution in [0.2, 0.25) is 0 Å². The summed E-state index contributed by atoms with van der Waals surface area (Å²) in [6.45, 7) is 2.24. The Balaban J connectivity index is 1.68. The van der Waals surface area contributed by atoms with Crippen molar-refractivity contribution in [3.05, 3.63) is 0 Å². The van der Waals surface area contributed by atoms with E-state index < -0.39 is 0 Å². The zero-order chi connectivity index (χ0) is 14.4. The number of nitrogens with one attached hydrogen (secondary N) is 1. The number of unbranched alkanes of at least 4 members (excludes halogenated alkanes) is 1. The molecule has 0 spiro atoms. The van der Waals surface area contributed by atoms with Crippen LogP contribution < -0.4 is 5.32 Å². The van der Waals surface area contributed by atoms with Gasteiger partial charge in [0, 0.05) is 24.8 Å². The molecule has 0 radical (unpaired) electrons. The van der Waals surface area contributed by atoms with Gasteiger partial charge in [0.05, 0.1) is 0 Å². The summed E-state index contributed by atoms with van der Waals surface area (Å²) in [5, 5.41) is 3.18. The predicted octanol–water partition coefficient (Wildman–Crippen LogP) is 3.61. The molecule has 20 heavy (non-hydrogen) atoms. The molecule has 1 N–H and O–H groups in total. The van der Waals surface area contributed by atoms with E-state index in [0.717, 1.165) is 31.6 Å². The smallest absolute Gasteiger partial charge is 0.223 e. The second kappa shape index (κ2) is 7.80. The molecule has 1 amide bonds. The van der Waals surface area contributed by atoms with Gasteiger partial charge in [0.15, 0.2) is 0 Å². The summed E-state index contributed by atoms with van der Waals surface area (Å²) in [6.07, 6.45) is 11.5. The number of carbonyl (C=O) groups excluding carboxylic acids is 2. The molecule has 0 atom stereocenters. The second-order valence-electron chi connectivity index (χ2n) is 6.68. The van der Waals surface area contributed by atoms with E-state index in [9.17, 15) is 9.59 Å². The van der Waals surface area contributed by atoms with Crippen molar-refractivity contribution in [1.82, 2.24) is 5.32 Å². The van der Waals surface area contributed by atoms with E-state index in [2.05, 4.69) is 12.2 Å². The zero-order valence-corrected chi connectivity index (χ0v) is 12.8. The Kier molecular flexibility index (Phi) is 6.06. The maximum atomic E-state index is 12.3. The van der Waals surface area contributed by atoms with Gasteiger partial charge < -0.3 is 5.32 Å². The highest BCUT2D eigenvalue weighted by atomic mass is 16.2. The number of Topliss-reactive ketones (excluding diaryl/α,β-unsaturated/α-hetero) is 1. The quantitative estimate of drug-likeness (QED) is 0.835. The standard InChI is InChI=1S/C17H29NO2/c1-2-3-4-13-5-7-14(8-6-13)17(20)18-15-9-11-16(19)12-10-15/h13-15H,2-12H2,1H3,(H,18,20). The van der Waals surface area contributed by atoms with E-state index in [1.807, 2.05) is 0 Å². The zero-order valence-electron chi connectivity index (χ0n) is 12.8. The van der Waals surface area contributed by atoms with Crippen LogP contribution >= 0.6 is 0 Å². The molecule has 2 rings (SSSR count). The Bertz CT molecular complexity index is 322. The van der Waals surface area contributed by atoms with Gasteiger partial charge >= 0.3 is 0 Å². The Labute approximate surface area is 122 Å². The summed E-state index contributed by atoms with van der Waals surface area (Å²) in [7, 11) is 0. The normalized spacial score (nSPS) is 28.4. The topological polar surface area (TPSA) is 46.2 Å². The van der Waals surface area contributed by atoms with Crippen molar-refractivity contribution in [2.45, 2.75) is 83.6 Å². The number of amides is 1. The minimum atomic E-state index is 0.227. The number of hydrogen-bond acceptors (Lipinski definition) is 2. The first kappa shape index (κ1) is 15.5. The number of carbonyl (C=O) groups is 2. The molecule has 0 aliphatic heterocycles. The van der Waals surface area contributed by atoms with Crippen molar-refractivity contribution < 1.29 is 9.59 Å². The first-order valence-corrected chi connectivity index (χ1v) is 8.51. The lowest BCUT2D eigenvalue weighted by Gasteiger charge is -2.30. The summed E-state index contributed by atoms with van der Waals surface area (Å²) in [5.41, 5.74) is 0. The van der Waals surface area contributed by atoms with E-state index in [1.165, 1.54) is 32.1 Å². The Morgan fingerprint density at radius 1 is 1.10 bits per heavy atom. The molecule has 0 aromatic rings. The summed E-state index contributed by atoms with van der Waals surface area (Å²) in [5.74, 6) is 1.68. The first-order valence-electron chi connectivity index (χ1n) is 8.51. The van der Waals surface area contributed by atoms with Gasteiger partial charge in [-0.2, -0.15) is 0 Å². The summed E-state index contributed by atoms with van der Waals surface area (Å²) in [6, 6.07) is 0.248. The molecule has 2 aliphatic rings. The molecule has 3 nitrogen and oxygen atoms in total. The average Bonchev–Trinajstić information content (AvgIpc) is 2.48. The molecule has 0 aromatic carbocycles. The molecular formula is C17H29NO2. The fourth-order valence-corrected chi connectivity index (χ4v) is 3.61. The van der Waals surface area contributed by atoms with Crippen LogP contribution in [-0.2, 0) is 9.59 Å². The van der Waals surface area contributed by atoms with Crippen molar-refractivity contribution in [3.63, 3.8) is 0 Å². The lowest BCUT2D eigenvalue weighted by Crippen LogP contribution is -2.41. The van der Waals surface area contributed by atoms with E-state index in [4.69, 9.17) is 0 Å². The van der Waals surface area contributed by atoms with Gasteiger partial charge in [0.25, 0.3) is 0 Å². The van der Waals surface area contributed by atoms with Crippen molar-refractivity contribution in [3.8, 4) is 0 Å². The highest BCUT2D eigenvalue weighted by Crippen LogP contribution is 2.32. The molecule has 2 fully saturated rings. The van der Waals surface area contributed by atoms with Crippen LogP contribution in [0.5, 0.6) is 0 Å². The lowest BCUT2D eigenvalue weighted by atomic mass is 9.79. The van der Waals surface area contributed by atoms with Crippen LogP contribution in [-0.4, -0.2) is 17.7 Å². The molecule has 0 unspecified atom stereocenters. The van der Waals surface area contributed by atoms with Crippen molar-refractivity contribution in [2.75, 3.05) is 0 Å². The van der Waals surface area contributed by atoms with E-state index in [1.54, 1.807) is 0 Å². The summed E-state index contributed by atoms with van der Waals surface area (Å²) < 4.78 is 0. The number of rotatable bonds is 5. The molecule has 0 aromatic heterocycles. The summed E-state index contributed by atoms with van der Waals surface area (Å²) in [4.78, 5) is 23.5. The van der Waals surface area contributed by atoms with Gasteiger partial charge in [0.1, 0.15) is 5.78 Å². The van der Waals surface area contributed by atoms with Gasteiger partial charge in [-0.25, -0.2) is 0 Å². The average molecular weight is 279 g/mol. The molecule has 0 bridgehead atoms. The maximum absolute atomic E-state index is 12.3. The highest BCUT2D eigenvalue weighted by molar-refractivity contribution is 5.81. The fraction of sp³-hybridized carbons (Fsp3) is 0.882. The minimum Gasteiger partial charge on any atom is -0.353 e. The largest absolute Gasteiger partial charge is 0.353 e. The Morgan fingerprint density at radius 2 is 1.75 bits per heavy atom. The molecule has 0 heterocycles. The van der Waals surface area contributed by atoms with Crippen LogP contribution in [0.4, 0.5) is 0 Å². The van der Waals surface area contributed by atoms with Gasteiger partial charge in [-0.15, -0.1) is 0 Å². The monoisotopic (exact) mass is 279 g/mol. The van der Waals surface area contributed by atoms with Crippen LogP contribution in [0.1, 0.15) is 77.6 Å². The van der Waals surface area contributed by atoms with Crippen LogP contribution in [0.25, 0.3) is 0 Å². The molecule has 0 saturated heterocycles. The Hall–Kier alpha value is -0.860. The SMILES string of the molecule is CCCCC1CCC(C(=O)NC2CCC(=O)CC2)CC1. The maximum Gasteiger partial charge on any atom is 0.223 e. The van der Waals surface area contributed by atoms with E-state index in [0.29, 0.717) is 18.6 Å². The lowest BCUT2D eigenvalue weighted by molar-refractivity contribution is -0.128. The van der Waals surface area contributed by atoms with Crippen molar-refractivity contribution >= 4 is 11.7 Å². The van der Waals surface area contributed by atoms with E-state index >= 15 is 0 Å².